The lowest BCUT2D eigenvalue weighted by atomic mass is 10.3. The van der Waals surface area contributed by atoms with Crippen molar-refractivity contribution in [2.75, 3.05) is 12.4 Å². The quantitative estimate of drug-likeness (QED) is 0.858. The Labute approximate surface area is 121 Å². The topological polar surface area (TPSA) is 51.5 Å². The SMILES string of the molecule is COC(=O)c1ccc(CNc2c(F)cc(Br)cc2F)o1. The van der Waals surface area contributed by atoms with Gasteiger partial charge in [-0.15, -0.1) is 0 Å². The third kappa shape index (κ3) is 3.16. The molecule has 2 rings (SSSR count). The van der Waals surface area contributed by atoms with Gasteiger partial charge in [-0.05, 0) is 24.3 Å². The van der Waals surface area contributed by atoms with E-state index in [2.05, 4.69) is 26.0 Å². The van der Waals surface area contributed by atoms with Crippen LogP contribution in [0.15, 0.2) is 33.2 Å². The van der Waals surface area contributed by atoms with Gasteiger partial charge in [0.05, 0.1) is 13.7 Å². The fourth-order valence-corrected chi connectivity index (χ4v) is 1.97. The molecule has 0 saturated heterocycles. The molecule has 1 aromatic carbocycles. The summed E-state index contributed by atoms with van der Waals surface area (Å²) in [5.41, 5.74) is -0.260. The highest BCUT2D eigenvalue weighted by Gasteiger charge is 2.13. The minimum absolute atomic E-state index is 0.0288. The molecule has 4 nitrogen and oxygen atoms in total. The van der Waals surface area contributed by atoms with E-state index in [0.717, 1.165) is 12.1 Å². The van der Waals surface area contributed by atoms with E-state index in [9.17, 15) is 13.6 Å². The first-order chi connectivity index (χ1) is 9.51. The summed E-state index contributed by atoms with van der Waals surface area (Å²) in [4.78, 5) is 11.2. The zero-order valence-electron chi connectivity index (χ0n) is 10.4. The number of halogens is 3. The first-order valence-corrected chi connectivity index (χ1v) is 6.36. The number of carbonyl (C=O) groups is 1. The fourth-order valence-electron chi connectivity index (χ4n) is 1.57. The van der Waals surface area contributed by atoms with Crippen molar-refractivity contribution in [3.8, 4) is 0 Å². The van der Waals surface area contributed by atoms with Gasteiger partial charge in [-0.25, -0.2) is 13.6 Å². The van der Waals surface area contributed by atoms with Gasteiger partial charge in [0.25, 0.3) is 0 Å². The molecule has 0 aliphatic heterocycles. The van der Waals surface area contributed by atoms with Crippen molar-refractivity contribution < 1.29 is 22.7 Å². The van der Waals surface area contributed by atoms with Gasteiger partial charge < -0.3 is 14.5 Å². The Bertz CT molecular complexity index is 619. The number of carbonyl (C=O) groups excluding carboxylic acids is 1. The van der Waals surface area contributed by atoms with Crippen molar-refractivity contribution in [2.45, 2.75) is 6.54 Å². The molecule has 0 atom stereocenters. The number of benzene rings is 1. The monoisotopic (exact) mass is 345 g/mol. The molecule has 0 amide bonds. The van der Waals surface area contributed by atoms with E-state index in [0.29, 0.717) is 10.2 Å². The van der Waals surface area contributed by atoms with Crippen molar-refractivity contribution in [3.63, 3.8) is 0 Å². The molecule has 0 unspecified atom stereocenters. The molecule has 0 aliphatic carbocycles. The lowest BCUT2D eigenvalue weighted by Crippen LogP contribution is -2.03. The summed E-state index contributed by atoms with van der Waals surface area (Å²) >= 11 is 2.99. The van der Waals surface area contributed by atoms with Gasteiger partial charge in [-0.3, -0.25) is 0 Å². The standard InChI is InChI=1S/C13H10BrF2NO3/c1-19-13(18)11-3-2-8(20-11)6-17-12-9(15)4-7(14)5-10(12)16/h2-5,17H,6H2,1H3. The zero-order valence-corrected chi connectivity index (χ0v) is 12.0. The Kier molecular flexibility index (Phi) is 4.39. The Morgan fingerprint density at radius 3 is 2.60 bits per heavy atom. The summed E-state index contributed by atoms with van der Waals surface area (Å²) in [6, 6.07) is 5.24. The van der Waals surface area contributed by atoms with E-state index in [1.807, 2.05) is 0 Å². The van der Waals surface area contributed by atoms with Crippen LogP contribution in [0.25, 0.3) is 0 Å². The van der Waals surface area contributed by atoms with Gasteiger partial charge in [0.2, 0.25) is 5.76 Å². The number of esters is 1. The van der Waals surface area contributed by atoms with Gasteiger partial charge in [0.1, 0.15) is 23.1 Å². The van der Waals surface area contributed by atoms with Crippen molar-refractivity contribution in [3.05, 3.63) is 51.9 Å². The lowest BCUT2D eigenvalue weighted by Gasteiger charge is -2.07. The Morgan fingerprint density at radius 2 is 2.00 bits per heavy atom. The van der Waals surface area contributed by atoms with Crippen LogP contribution in [0.3, 0.4) is 0 Å². The minimum Gasteiger partial charge on any atom is -0.463 e. The molecule has 7 heteroatoms. The molecule has 0 aliphatic rings. The first kappa shape index (κ1) is 14.5. The largest absolute Gasteiger partial charge is 0.463 e. The maximum atomic E-state index is 13.6. The molecular weight excluding hydrogens is 336 g/mol. The summed E-state index contributed by atoms with van der Waals surface area (Å²) in [7, 11) is 1.23. The van der Waals surface area contributed by atoms with E-state index in [1.54, 1.807) is 0 Å². The van der Waals surface area contributed by atoms with Crippen LogP contribution < -0.4 is 5.32 Å². The molecule has 1 aromatic heterocycles. The van der Waals surface area contributed by atoms with Crippen LogP contribution in [-0.2, 0) is 11.3 Å². The zero-order chi connectivity index (χ0) is 14.7. The summed E-state index contributed by atoms with van der Waals surface area (Å²) in [5.74, 6) is -1.68. The molecule has 0 radical (unpaired) electrons. The van der Waals surface area contributed by atoms with Crippen LogP contribution in [-0.4, -0.2) is 13.1 Å². The summed E-state index contributed by atoms with van der Waals surface area (Å²) in [6.07, 6.45) is 0. The fraction of sp³-hybridized carbons (Fsp3) is 0.154. The predicted octanol–water partition coefficient (Wildman–Crippen LogP) is 3.72. The molecule has 1 N–H and O–H groups in total. The van der Waals surface area contributed by atoms with Gasteiger partial charge in [-0.2, -0.15) is 0 Å². The molecule has 106 valence electrons. The van der Waals surface area contributed by atoms with E-state index >= 15 is 0 Å². The van der Waals surface area contributed by atoms with E-state index in [-0.39, 0.29) is 18.0 Å². The molecule has 0 spiro atoms. The highest BCUT2D eigenvalue weighted by Crippen LogP contribution is 2.24. The van der Waals surface area contributed by atoms with E-state index in [4.69, 9.17) is 4.42 Å². The Balaban J connectivity index is 2.09. The first-order valence-electron chi connectivity index (χ1n) is 5.56. The van der Waals surface area contributed by atoms with Gasteiger partial charge in [0, 0.05) is 4.47 Å². The van der Waals surface area contributed by atoms with E-state index in [1.165, 1.54) is 19.2 Å². The third-order valence-corrected chi connectivity index (χ3v) is 2.95. The Hall–Kier alpha value is -1.89. The predicted molar refractivity (Wildman–Crippen MR) is 71.4 cm³/mol. The molecule has 2 aromatic rings. The number of furan rings is 1. The second-order valence-electron chi connectivity index (χ2n) is 3.86. The van der Waals surface area contributed by atoms with Crippen molar-refractivity contribution in [2.24, 2.45) is 0 Å². The van der Waals surface area contributed by atoms with Crippen molar-refractivity contribution >= 4 is 27.6 Å². The number of rotatable bonds is 4. The number of hydrogen-bond donors (Lipinski definition) is 1. The molecule has 0 bridgehead atoms. The van der Waals surface area contributed by atoms with Gasteiger partial charge in [-0.1, -0.05) is 15.9 Å². The molecule has 0 fully saturated rings. The number of methoxy groups -OCH3 is 1. The third-order valence-electron chi connectivity index (χ3n) is 2.49. The summed E-state index contributed by atoms with van der Waals surface area (Å²) in [6.45, 7) is 0.0342. The van der Waals surface area contributed by atoms with Gasteiger partial charge >= 0.3 is 5.97 Å². The molecule has 0 saturated carbocycles. The van der Waals surface area contributed by atoms with E-state index < -0.39 is 17.6 Å². The lowest BCUT2D eigenvalue weighted by molar-refractivity contribution is 0.0563. The smallest absolute Gasteiger partial charge is 0.373 e. The Morgan fingerprint density at radius 1 is 1.35 bits per heavy atom. The number of ether oxygens (including phenoxy) is 1. The minimum atomic E-state index is -0.725. The number of nitrogens with one attached hydrogen (secondary N) is 1. The van der Waals surface area contributed by atoms with Crippen LogP contribution in [0.5, 0.6) is 0 Å². The molecular formula is C13H10BrF2NO3. The number of anilines is 1. The van der Waals surface area contributed by atoms with Crippen molar-refractivity contribution in [1.82, 2.24) is 0 Å². The second-order valence-corrected chi connectivity index (χ2v) is 4.77. The average molecular weight is 346 g/mol. The van der Waals surface area contributed by atoms with Gasteiger partial charge in [0.15, 0.2) is 0 Å². The number of hydrogen-bond acceptors (Lipinski definition) is 4. The normalized spacial score (nSPS) is 10.4. The second kappa shape index (κ2) is 6.04. The average Bonchev–Trinajstić information content (AvgIpc) is 2.85. The van der Waals surface area contributed by atoms with Crippen LogP contribution in [0, 0.1) is 11.6 Å². The highest BCUT2D eigenvalue weighted by atomic mass is 79.9. The van der Waals surface area contributed by atoms with Crippen LogP contribution in [0.1, 0.15) is 16.3 Å². The maximum Gasteiger partial charge on any atom is 0.373 e. The molecule has 20 heavy (non-hydrogen) atoms. The highest BCUT2D eigenvalue weighted by molar-refractivity contribution is 9.10. The maximum absolute atomic E-state index is 13.6. The van der Waals surface area contributed by atoms with Crippen molar-refractivity contribution in [1.29, 1.82) is 0 Å². The van der Waals surface area contributed by atoms with Crippen LogP contribution >= 0.6 is 15.9 Å². The summed E-state index contributed by atoms with van der Waals surface area (Å²) in [5, 5.41) is 2.58. The summed E-state index contributed by atoms with van der Waals surface area (Å²) < 4.78 is 37.1. The van der Waals surface area contributed by atoms with Crippen LogP contribution in [0.2, 0.25) is 0 Å². The molecule has 1 heterocycles. The van der Waals surface area contributed by atoms with Crippen LogP contribution in [0.4, 0.5) is 14.5 Å².